The molecular formula is C16H16O5. The molecule has 0 saturated carbocycles. The van der Waals surface area contributed by atoms with Crippen LogP contribution in [0.25, 0.3) is 0 Å². The zero-order valence-corrected chi connectivity index (χ0v) is 12.1. The highest BCUT2D eigenvalue weighted by atomic mass is 16.6. The van der Waals surface area contributed by atoms with Crippen LogP contribution < -0.4 is 4.74 Å². The minimum Gasteiger partial charge on any atom is -0.497 e. The molecule has 0 spiro atoms. The Labute approximate surface area is 122 Å². The second-order valence-corrected chi connectivity index (χ2v) is 5.28. The van der Waals surface area contributed by atoms with Crippen molar-refractivity contribution in [2.75, 3.05) is 7.11 Å². The lowest BCUT2D eigenvalue weighted by atomic mass is 9.87. The molecule has 5 heteroatoms. The van der Waals surface area contributed by atoms with Gasteiger partial charge in [0.2, 0.25) is 5.76 Å². The van der Waals surface area contributed by atoms with Gasteiger partial charge in [0, 0.05) is 0 Å². The van der Waals surface area contributed by atoms with E-state index in [1.807, 2.05) is 0 Å². The van der Waals surface area contributed by atoms with Crippen LogP contribution >= 0.6 is 0 Å². The van der Waals surface area contributed by atoms with Crippen molar-refractivity contribution in [1.82, 2.24) is 0 Å². The van der Waals surface area contributed by atoms with Gasteiger partial charge < -0.3 is 14.2 Å². The van der Waals surface area contributed by atoms with Gasteiger partial charge in [-0.1, -0.05) is 19.1 Å². The van der Waals surface area contributed by atoms with E-state index in [9.17, 15) is 9.59 Å². The highest BCUT2D eigenvalue weighted by Crippen LogP contribution is 2.41. The number of hydrogen-bond acceptors (Lipinski definition) is 5. The van der Waals surface area contributed by atoms with Crippen LogP contribution in [0.15, 0.2) is 35.6 Å². The minimum absolute atomic E-state index is 0.0615. The van der Waals surface area contributed by atoms with Gasteiger partial charge in [-0.15, -0.1) is 0 Å². The van der Waals surface area contributed by atoms with Gasteiger partial charge in [-0.05, 0) is 24.6 Å². The molecule has 0 amide bonds. The van der Waals surface area contributed by atoms with E-state index in [1.54, 1.807) is 45.2 Å². The van der Waals surface area contributed by atoms with E-state index in [4.69, 9.17) is 14.2 Å². The van der Waals surface area contributed by atoms with Crippen LogP contribution in [-0.4, -0.2) is 25.0 Å². The average Bonchev–Trinajstić information content (AvgIpc) is 2.82. The summed E-state index contributed by atoms with van der Waals surface area (Å²) in [6, 6.07) is 7.09. The van der Waals surface area contributed by atoms with E-state index in [2.05, 4.69) is 0 Å². The molecular weight excluding hydrogens is 272 g/mol. The highest BCUT2D eigenvalue weighted by Gasteiger charge is 2.47. The molecule has 5 nitrogen and oxygen atoms in total. The van der Waals surface area contributed by atoms with Gasteiger partial charge in [-0.2, -0.15) is 0 Å². The number of benzene rings is 1. The molecule has 0 bridgehead atoms. The third-order valence-corrected chi connectivity index (χ3v) is 4.02. The first kappa shape index (κ1) is 13.7. The van der Waals surface area contributed by atoms with Crippen molar-refractivity contribution in [3.63, 3.8) is 0 Å². The molecule has 0 aromatic heterocycles. The fourth-order valence-corrected chi connectivity index (χ4v) is 2.56. The number of hydrogen-bond donors (Lipinski definition) is 0. The fraction of sp³-hybridized carbons (Fsp3) is 0.375. The lowest BCUT2D eigenvalue weighted by Gasteiger charge is -2.26. The number of carbonyl (C=O) groups is 2. The molecule has 1 aromatic rings. The molecule has 0 fully saturated rings. The number of rotatable bonds is 2. The molecule has 0 unspecified atom stereocenters. The van der Waals surface area contributed by atoms with Gasteiger partial charge in [0.25, 0.3) is 0 Å². The standard InChI is InChI=1S/C16H16O5/c1-8-9(2)20-15-12(13(8)17)14(21-16(15)18)10-4-6-11(19-3)7-5-10/h4-9,14H,1-3H3/t8-,9+,14+/m1/s1. The van der Waals surface area contributed by atoms with Crippen LogP contribution in [0.5, 0.6) is 5.75 Å². The predicted octanol–water partition coefficient (Wildman–Crippen LogP) is 2.17. The molecule has 110 valence electrons. The number of carbonyl (C=O) groups excluding carboxylic acids is 2. The molecule has 1 aromatic carbocycles. The Balaban J connectivity index is 2.00. The number of ketones is 1. The zero-order chi connectivity index (χ0) is 15.1. The lowest BCUT2D eigenvalue weighted by molar-refractivity contribution is -0.144. The Morgan fingerprint density at radius 1 is 1.05 bits per heavy atom. The Bertz CT molecular complexity index is 629. The van der Waals surface area contributed by atoms with E-state index >= 15 is 0 Å². The summed E-state index contributed by atoms with van der Waals surface area (Å²) in [5, 5.41) is 0. The Hall–Kier alpha value is -2.30. The maximum atomic E-state index is 12.5. The van der Waals surface area contributed by atoms with Gasteiger partial charge >= 0.3 is 5.97 Å². The topological polar surface area (TPSA) is 61.8 Å². The van der Waals surface area contributed by atoms with Crippen molar-refractivity contribution in [3.8, 4) is 5.75 Å². The van der Waals surface area contributed by atoms with Crippen molar-refractivity contribution >= 4 is 11.8 Å². The molecule has 21 heavy (non-hydrogen) atoms. The molecule has 2 aliphatic heterocycles. The summed E-state index contributed by atoms with van der Waals surface area (Å²) in [6.45, 7) is 3.57. The smallest absolute Gasteiger partial charge is 0.375 e. The summed E-state index contributed by atoms with van der Waals surface area (Å²) < 4.78 is 16.0. The van der Waals surface area contributed by atoms with E-state index in [1.165, 1.54) is 0 Å². The van der Waals surface area contributed by atoms with Crippen LogP contribution in [0.2, 0.25) is 0 Å². The number of esters is 1. The summed E-state index contributed by atoms with van der Waals surface area (Å²) >= 11 is 0. The second-order valence-electron chi connectivity index (χ2n) is 5.28. The number of methoxy groups -OCH3 is 1. The van der Waals surface area contributed by atoms with Crippen molar-refractivity contribution in [3.05, 3.63) is 41.2 Å². The largest absolute Gasteiger partial charge is 0.497 e. The van der Waals surface area contributed by atoms with Crippen molar-refractivity contribution < 1.29 is 23.8 Å². The zero-order valence-electron chi connectivity index (χ0n) is 12.1. The number of Topliss-reactive ketones (excluding diaryl/α,β-unsaturated/α-hetero) is 1. The van der Waals surface area contributed by atoms with Crippen molar-refractivity contribution in [1.29, 1.82) is 0 Å². The van der Waals surface area contributed by atoms with Crippen molar-refractivity contribution in [2.24, 2.45) is 5.92 Å². The third-order valence-electron chi connectivity index (χ3n) is 4.02. The molecule has 3 atom stereocenters. The predicted molar refractivity (Wildman–Crippen MR) is 73.6 cm³/mol. The van der Waals surface area contributed by atoms with Gasteiger partial charge in [-0.3, -0.25) is 4.79 Å². The third kappa shape index (κ3) is 2.09. The first-order valence-corrected chi connectivity index (χ1v) is 6.83. The number of ether oxygens (including phenoxy) is 3. The van der Waals surface area contributed by atoms with Crippen LogP contribution in [0, 0.1) is 5.92 Å². The molecule has 0 saturated heterocycles. The minimum atomic E-state index is -0.694. The van der Waals surface area contributed by atoms with Gasteiger partial charge in [0.05, 0.1) is 18.6 Å². The van der Waals surface area contributed by atoms with Crippen LogP contribution in [0.4, 0.5) is 0 Å². The maximum Gasteiger partial charge on any atom is 0.375 e. The molecule has 2 aliphatic rings. The molecule has 0 N–H and O–H groups in total. The van der Waals surface area contributed by atoms with Crippen LogP contribution in [0.3, 0.4) is 0 Å². The summed E-state index contributed by atoms with van der Waals surface area (Å²) in [4.78, 5) is 24.4. The average molecular weight is 288 g/mol. The summed E-state index contributed by atoms with van der Waals surface area (Å²) in [7, 11) is 1.58. The normalized spacial score (nSPS) is 28.0. The van der Waals surface area contributed by atoms with Crippen LogP contribution in [0.1, 0.15) is 25.5 Å². The van der Waals surface area contributed by atoms with Crippen LogP contribution in [-0.2, 0) is 19.1 Å². The highest BCUT2D eigenvalue weighted by molar-refractivity contribution is 6.08. The SMILES string of the molecule is COc1ccc([C@@H]2OC(=O)C3=C2C(=O)[C@H](C)[C@H](C)O3)cc1. The van der Waals surface area contributed by atoms with Gasteiger partial charge in [0.15, 0.2) is 11.9 Å². The molecule has 2 heterocycles. The van der Waals surface area contributed by atoms with E-state index in [0.717, 1.165) is 5.56 Å². The van der Waals surface area contributed by atoms with Gasteiger partial charge in [0.1, 0.15) is 11.9 Å². The van der Waals surface area contributed by atoms with Crippen molar-refractivity contribution in [2.45, 2.75) is 26.1 Å². The molecule has 0 aliphatic carbocycles. The van der Waals surface area contributed by atoms with E-state index in [0.29, 0.717) is 11.3 Å². The second kappa shape index (κ2) is 4.91. The summed E-state index contributed by atoms with van der Waals surface area (Å²) in [5.74, 6) is -0.191. The van der Waals surface area contributed by atoms with E-state index in [-0.39, 0.29) is 23.6 Å². The molecule has 3 rings (SSSR count). The monoisotopic (exact) mass is 288 g/mol. The lowest BCUT2D eigenvalue weighted by Crippen LogP contribution is -2.33. The Kier molecular flexibility index (Phi) is 3.20. The summed E-state index contributed by atoms with van der Waals surface area (Å²) in [6.07, 6.45) is -1.01. The van der Waals surface area contributed by atoms with Gasteiger partial charge in [-0.25, -0.2) is 4.79 Å². The fourth-order valence-electron chi connectivity index (χ4n) is 2.56. The first-order valence-electron chi connectivity index (χ1n) is 6.83. The summed E-state index contributed by atoms with van der Waals surface area (Å²) in [5.41, 5.74) is 1.06. The maximum absolute atomic E-state index is 12.5. The first-order chi connectivity index (χ1) is 10.0. The molecule has 0 radical (unpaired) electrons. The van der Waals surface area contributed by atoms with E-state index < -0.39 is 12.1 Å². The number of cyclic esters (lactones) is 1. The quantitative estimate of drug-likeness (QED) is 0.780. The Morgan fingerprint density at radius 3 is 2.33 bits per heavy atom. The Morgan fingerprint density at radius 2 is 1.71 bits per heavy atom.